The van der Waals surface area contributed by atoms with Crippen LogP contribution in [0.1, 0.15) is 49.9 Å². The molecule has 0 saturated carbocycles. The first-order valence-corrected chi connectivity index (χ1v) is 12.9. The quantitative estimate of drug-likeness (QED) is 0.270. The van der Waals surface area contributed by atoms with Crippen molar-refractivity contribution in [1.82, 2.24) is 19.5 Å². The number of hydrogen-bond donors (Lipinski definition) is 3. The minimum Gasteiger partial charge on any atom is -0.487 e. The number of nitrogens with zero attached hydrogens (tertiary/aromatic N) is 4. The minimum atomic E-state index is -1.26. The third-order valence-corrected chi connectivity index (χ3v) is 6.49. The molecule has 3 heterocycles. The number of imidazole rings is 2. The van der Waals surface area contributed by atoms with E-state index >= 15 is 0 Å². The van der Waals surface area contributed by atoms with E-state index in [0.29, 0.717) is 24.7 Å². The van der Waals surface area contributed by atoms with Gasteiger partial charge in [0, 0.05) is 43.4 Å². The van der Waals surface area contributed by atoms with Gasteiger partial charge < -0.3 is 29.4 Å². The van der Waals surface area contributed by atoms with E-state index in [0.717, 1.165) is 54.2 Å². The highest BCUT2D eigenvalue weighted by atomic mass is 16.5. The molecule has 1 fully saturated rings. The molecule has 204 valence electrons. The summed E-state index contributed by atoms with van der Waals surface area (Å²) in [4.78, 5) is 34.1. The molecule has 1 aliphatic rings. The number of ether oxygens (including phenoxy) is 1. The monoisotopic (exact) mass is 531 g/mol. The van der Waals surface area contributed by atoms with Gasteiger partial charge in [-0.05, 0) is 44.4 Å². The number of fused-ring (bicyclic) bond motifs is 1. The average Bonchev–Trinajstić information content (AvgIpc) is 3.61. The van der Waals surface area contributed by atoms with E-state index in [4.69, 9.17) is 19.9 Å². The van der Waals surface area contributed by atoms with Gasteiger partial charge in [-0.1, -0.05) is 36.4 Å². The number of carboxylic acid groups (broad SMARTS) is 2. The smallest absolute Gasteiger partial charge is 0.328 e. The average molecular weight is 532 g/mol. The molecule has 1 aliphatic heterocycles. The molecule has 0 radical (unpaired) electrons. The standard InChI is InChI=1S/C25H29N5O.C4H4O4/c1-18(2)30-24-21(9-6-10-23(24)31-16-19-7-4-3-5-8-19)28-25(30)29-13-11-20(12-14-29)22-15-26-17-27-22;5-3(6)1-2-4(7)8/h3-10,15,17-18,20H,11-14,16H2,1-2H3,(H,26,27);1-2H,(H,5,6)(H,7,8). The lowest BCUT2D eigenvalue weighted by molar-refractivity contribution is -0.134. The Labute approximate surface area is 226 Å². The summed E-state index contributed by atoms with van der Waals surface area (Å²) in [6.07, 6.45) is 7.09. The molecule has 5 rings (SSSR count). The van der Waals surface area contributed by atoms with Crippen molar-refractivity contribution >= 4 is 28.9 Å². The number of nitrogens with one attached hydrogen (secondary N) is 1. The van der Waals surface area contributed by atoms with Crippen LogP contribution in [0.3, 0.4) is 0 Å². The van der Waals surface area contributed by atoms with Gasteiger partial charge >= 0.3 is 11.9 Å². The highest BCUT2D eigenvalue weighted by Gasteiger charge is 2.27. The van der Waals surface area contributed by atoms with Gasteiger partial charge in [0.05, 0.1) is 17.5 Å². The highest BCUT2D eigenvalue weighted by molar-refractivity contribution is 5.89. The molecule has 0 amide bonds. The Morgan fingerprint density at radius 1 is 1.05 bits per heavy atom. The van der Waals surface area contributed by atoms with Crippen molar-refractivity contribution in [2.45, 2.75) is 45.3 Å². The van der Waals surface area contributed by atoms with Crippen LogP contribution in [0.5, 0.6) is 5.75 Å². The van der Waals surface area contributed by atoms with Crippen LogP contribution in [0, 0.1) is 0 Å². The van der Waals surface area contributed by atoms with Crippen molar-refractivity contribution in [3.05, 3.63) is 84.5 Å². The van der Waals surface area contributed by atoms with Gasteiger partial charge in [0.15, 0.2) is 0 Å². The Hall–Kier alpha value is -4.60. The maximum atomic E-state index is 9.55. The number of anilines is 1. The molecule has 39 heavy (non-hydrogen) atoms. The van der Waals surface area contributed by atoms with Gasteiger partial charge in [-0.3, -0.25) is 0 Å². The van der Waals surface area contributed by atoms with Gasteiger partial charge in [0.2, 0.25) is 5.95 Å². The second kappa shape index (κ2) is 12.8. The predicted octanol–water partition coefficient (Wildman–Crippen LogP) is 5.02. The molecule has 10 heteroatoms. The van der Waals surface area contributed by atoms with E-state index in [-0.39, 0.29) is 6.04 Å². The molecule has 2 aromatic carbocycles. The van der Waals surface area contributed by atoms with Crippen LogP contribution in [0.4, 0.5) is 5.95 Å². The van der Waals surface area contributed by atoms with Crippen LogP contribution in [-0.2, 0) is 16.2 Å². The third-order valence-electron chi connectivity index (χ3n) is 6.49. The summed E-state index contributed by atoms with van der Waals surface area (Å²) in [6, 6.07) is 16.8. The number of H-pyrrole nitrogens is 1. The van der Waals surface area contributed by atoms with Gasteiger partial charge in [-0.2, -0.15) is 0 Å². The fourth-order valence-electron chi connectivity index (χ4n) is 4.68. The maximum absolute atomic E-state index is 9.55. The minimum absolute atomic E-state index is 0.283. The van der Waals surface area contributed by atoms with Crippen LogP contribution in [0.15, 0.2) is 73.2 Å². The lowest BCUT2D eigenvalue weighted by atomic mass is 9.94. The normalized spacial score (nSPS) is 14.0. The molecule has 0 bridgehead atoms. The molecule has 0 spiro atoms. The topological polar surface area (TPSA) is 134 Å². The lowest BCUT2D eigenvalue weighted by Gasteiger charge is -2.33. The molecule has 10 nitrogen and oxygen atoms in total. The van der Waals surface area contributed by atoms with Crippen molar-refractivity contribution in [3.8, 4) is 5.75 Å². The number of carboxylic acids is 2. The van der Waals surface area contributed by atoms with E-state index < -0.39 is 11.9 Å². The summed E-state index contributed by atoms with van der Waals surface area (Å²) < 4.78 is 8.61. The molecule has 0 aliphatic carbocycles. The zero-order valence-electron chi connectivity index (χ0n) is 22.0. The number of para-hydroxylation sites is 1. The van der Waals surface area contributed by atoms with Crippen molar-refractivity contribution < 1.29 is 24.5 Å². The van der Waals surface area contributed by atoms with Gasteiger partial charge in [0.1, 0.15) is 17.9 Å². The van der Waals surface area contributed by atoms with Crippen LogP contribution >= 0.6 is 0 Å². The molecular formula is C29H33N5O5. The Morgan fingerprint density at radius 2 is 1.74 bits per heavy atom. The van der Waals surface area contributed by atoms with Crippen LogP contribution in [-0.4, -0.2) is 54.8 Å². The Morgan fingerprint density at radius 3 is 2.33 bits per heavy atom. The Kier molecular flexibility index (Phi) is 8.98. The Balaban J connectivity index is 0.000000386. The number of aromatic nitrogens is 4. The van der Waals surface area contributed by atoms with Crippen LogP contribution < -0.4 is 9.64 Å². The molecule has 4 aromatic rings. The summed E-state index contributed by atoms with van der Waals surface area (Å²) in [7, 11) is 0. The van der Waals surface area contributed by atoms with Crippen molar-refractivity contribution in [2.24, 2.45) is 0 Å². The van der Waals surface area contributed by atoms with E-state index in [1.165, 1.54) is 5.69 Å². The molecule has 1 saturated heterocycles. The first kappa shape index (κ1) is 27.4. The predicted molar refractivity (Wildman–Crippen MR) is 148 cm³/mol. The van der Waals surface area contributed by atoms with E-state index in [1.807, 2.05) is 30.5 Å². The molecule has 3 N–H and O–H groups in total. The first-order valence-electron chi connectivity index (χ1n) is 12.9. The molecular weight excluding hydrogens is 498 g/mol. The van der Waals surface area contributed by atoms with Crippen LogP contribution in [0.25, 0.3) is 11.0 Å². The third kappa shape index (κ3) is 7.04. The van der Waals surface area contributed by atoms with Gasteiger partial charge in [-0.15, -0.1) is 0 Å². The van der Waals surface area contributed by atoms with Gasteiger partial charge in [-0.25, -0.2) is 19.6 Å². The summed E-state index contributed by atoms with van der Waals surface area (Å²) in [6.45, 7) is 6.94. The van der Waals surface area contributed by atoms with E-state index in [9.17, 15) is 9.59 Å². The summed E-state index contributed by atoms with van der Waals surface area (Å²) in [5, 5.41) is 15.6. The van der Waals surface area contributed by atoms with Crippen molar-refractivity contribution in [3.63, 3.8) is 0 Å². The lowest BCUT2D eigenvalue weighted by Crippen LogP contribution is -2.35. The second-order valence-electron chi connectivity index (χ2n) is 9.54. The fraction of sp³-hybridized carbons (Fsp3) is 0.310. The molecule has 0 atom stereocenters. The number of benzene rings is 2. The summed E-state index contributed by atoms with van der Waals surface area (Å²) in [5.41, 5.74) is 4.41. The largest absolute Gasteiger partial charge is 0.487 e. The first-order chi connectivity index (χ1) is 18.8. The number of piperidine rings is 1. The number of hydrogen-bond acceptors (Lipinski definition) is 6. The summed E-state index contributed by atoms with van der Waals surface area (Å²) >= 11 is 0. The van der Waals surface area contributed by atoms with Gasteiger partial charge in [0.25, 0.3) is 0 Å². The number of aliphatic carboxylic acids is 2. The molecule has 0 unspecified atom stereocenters. The second-order valence-corrected chi connectivity index (χ2v) is 9.54. The van der Waals surface area contributed by atoms with E-state index in [2.05, 4.69) is 57.5 Å². The zero-order valence-corrected chi connectivity index (χ0v) is 22.0. The zero-order chi connectivity index (χ0) is 27.8. The summed E-state index contributed by atoms with van der Waals surface area (Å²) in [5.74, 6) is -0.0644. The highest BCUT2D eigenvalue weighted by Crippen LogP contribution is 2.36. The molecule has 2 aromatic heterocycles. The number of rotatable bonds is 8. The van der Waals surface area contributed by atoms with Crippen LogP contribution in [0.2, 0.25) is 0 Å². The maximum Gasteiger partial charge on any atom is 0.328 e. The SMILES string of the molecule is CC(C)n1c(N2CCC(c3c[nH]cn3)CC2)nc2cccc(OCc3ccccc3)c21.O=C(O)C=CC(=O)O. The van der Waals surface area contributed by atoms with Crippen molar-refractivity contribution in [1.29, 1.82) is 0 Å². The number of carbonyl (C=O) groups is 2. The Bertz CT molecular complexity index is 1390. The number of aromatic amines is 1. The fourth-order valence-corrected chi connectivity index (χ4v) is 4.68. The van der Waals surface area contributed by atoms with E-state index in [1.54, 1.807) is 6.33 Å². The van der Waals surface area contributed by atoms with Crippen molar-refractivity contribution in [2.75, 3.05) is 18.0 Å².